The lowest BCUT2D eigenvalue weighted by molar-refractivity contribution is 0.0474. The zero-order chi connectivity index (χ0) is 22.1. The van der Waals surface area contributed by atoms with Crippen LogP contribution in [0.5, 0.6) is 0 Å². The molecule has 0 spiro atoms. The van der Waals surface area contributed by atoms with Crippen molar-refractivity contribution in [2.24, 2.45) is 0 Å². The van der Waals surface area contributed by atoms with Crippen LogP contribution in [0.1, 0.15) is 71.8 Å². The van der Waals surface area contributed by atoms with Crippen LogP contribution < -0.4 is 5.32 Å². The Morgan fingerprint density at radius 1 is 1.10 bits per heavy atom. The number of hydrogen-bond donors (Lipinski definition) is 1. The molecule has 1 fully saturated rings. The van der Waals surface area contributed by atoms with Gasteiger partial charge < -0.3 is 14.0 Å². The first-order valence-corrected chi connectivity index (χ1v) is 10.0. The third kappa shape index (κ3) is 5.28. The molecule has 0 unspecified atom stereocenters. The lowest BCUT2D eigenvalue weighted by Crippen LogP contribution is -2.27. The lowest BCUT2D eigenvalue weighted by atomic mass is 10.1. The summed E-state index contributed by atoms with van der Waals surface area (Å²) in [5, 5.41) is 2.59. The number of aromatic nitrogens is 1. The molecule has 160 valence electrons. The van der Waals surface area contributed by atoms with Gasteiger partial charge in [0.15, 0.2) is 6.61 Å². The number of ether oxygens (including phenoxy) is 2. The number of nitrogens with one attached hydrogen (secondary N) is 1. The van der Waals surface area contributed by atoms with E-state index in [4.69, 9.17) is 9.47 Å². The van der Waals surface area contributed by atoms with E-state index < -0.39 is 17.7 Å². The van der Waals surface area contributed by atoms with Gasteiger partial charge in [-0.15, -0.1) is 0 Å². The van der Waals surface area contributed by atoms with Gasteiger partial charge in [-0.3, -0.25) is 10.1 Å². The summed E-state index contributed by atoms with van der Waals surface area (Å²) in [7, 11) is 0. The molecule has 3 rings (SSSR count). The van der Waals surface area contributed by atoms with E-state index in [1.165, 1.54) is 12.1 Å². The summed E-state index contributed by atoms with van der Waals surface area (Å²) >= 11 is 0. The average Bonchev–Trinajstić information content (AvgIpc) is 3.43. The van der Waals surface area contributed by atoms with Crippen LogP contribution in [0.2, 0.25) is 0 Å². The summed E-state index contributed by atoms with van der Waals surface area (Å²) in [6.45, 7) is 8.92. The Balaban J connectivity index is 1.55. The minimum absolute atomic E-state index is 0.216. The van der Waals surface area contributed by atoms with Crippen LogP contribution in [0.3, 0.4) is 0 Å². The van der Waals surface area contributed by atoms with Gasteiger partial charge in [-0.2, -0.15) is 0 Å². The van der Waals surface area contributed by atoms with E-state index in [2.05, 4.69) is 9.88 Å². The van der Waals surface area contributed by atoms with Crippen molar-refractivity contribution in [2.45, 2.75) is 59.1 Å². The highest BCUT2D eigenvalue weighted by Gasteiger charge is 2.28. The van der Waals surface area contributed by atoms with E-state index in [1.54, 1.807) is 32.9 Å². The van der Waals surface area contributed by atoms with E-state index in [-0.39, 0.29) is 12.4 Å². The fourth-order valence-corrected chi connectivity index (χ4v) is 3.36. The molecule has 7 heteroatoms. The Morgan fingerprint density at radius 2 is 1.73 bits per heavy atom. The highest BCUT2D eigenvalue weighted by atomic mass is 16.6. The molecule has 1 N–H and O–H groups in total. The summed E-state index contributed by atoms with van der Waals surface area (Å²) < 4.78 is 12.6. The van der Waals surface area contributed by atoms with Crippen LogP contribution in [0.25, 0.3) is 0 Å². The summed E-state index contributed by atoms with van der Waals surface area (Å²) in [5.41, 5.74) is 2.76. The number of ketones is 1. The van der Waals surface area contributed by atoms with Crippen LogP contribution in [0.4, 0.5) is 10.5 Å². The lowest BCUT2D eigenvalue weighted by Gasteiger charge is -2.19. The minimum Gasteiger partial charge on any atom is -0.454 e. The molecule has 1 heterocycles. The van der Waals surface area contributed by atoms with Gasteiger partial charge in [0.05, 0.1) is 5.56 Å². The molecule has 1 aliphatic rings. The first-order chi connectivity index (χ1) is 14.0. The molecule has 1 amide bonds. The largest absolute Gasteiger partial charge is 0.454 e. The van der Waals surface area contributed by atoms with Crippen molar-refractivity contribution >= 4 is 23.5 Å². The Kier molecular flexibility index (Phi) is 6.01. The molecular formula is C23H28N2O5. The van der Waals surface area contributed by atoms with Crippen LogP contribution in [0.15, 0.2) is 30.3 Å². The van der Waals surface area contributed by atoms with E-state index in [0.717, 1.165) is 24.2 Å². The van der Waals surface area contributed by atoms with Gasteiger partial charge in [0.2, 0.25) is 5.78 Å². The molecule has 0 saturated heterocycles. The number of anilines is 1. The second kappa shape index (κ2) is 8.34. The van der Waals surface area contributed by atoms with Crippen LogP contribution in [0, 0.1) is 13.8 Å². The third-order valence-electron chi connectivity index (χ3n) is 4.80. The van der Waals surface area contributed by atoms with Gasteiger partial charge in [0.1, 0.15) is 5.60 Å². The van der Waals surface area contributed by atoms with E-state index in [1.807, 2.05) is 19.9 Å². The first-order valence-electron chi connectivity index (χ1n) is 10.0. The average molecular weight is 412 g/mol. The van der Waals surface area contributed by atoms with Crippen molar-refractivity contribution in [3.63, 3.8) is 0 Å². The molecule has 0 atom stereocenters. The number of amides is 1. The molecule has 1 aliphatic carbocycles. The molecule has 1 aromatic heterocycles. The minimum atomic E-state index is -0.600. The van der Waals surface area contributed by atoms with Crippen molar-refractivity contribution < 1.29 is 23.9 Å². The van der Waals surface area contributed by atoms with Gasteiger partial charge in [-0.25, -0.2) is 9.59 Å². The number of benzene rings is 1. The van der Waals surface area contributed by atoms with Crippen molar-refractivity contribution in [3.8, 4) is 0 Å². The molecule has 7 nitrogen and oxygen atoms in total. The number of carbonyl (C=O) groups excluding carboxylic acids is 3. The van der Waals surface area contributed by atoms with Crippen LogP contribution in [-0.2, 0) is 9.47 Å². The summed E-state index contributed by atoms with van der Waals surface area (Å²) in [4.78, 5) is 36.6. The van der Waals surface area contributed by atoms with Crippen molar-refractivity contribution in [3.05, 3.63) is 52.8 Å². The Hall–Kier alpha value is -3.09. The molecule has 30 heavy (non-hydrogen) atoms. The summed E-state index contributed by atoms with van der Waals surface area (Å²) in [6, 6.07) is 8.55. The highest BCUT2D eigenvalue weighted by Crippen LogP contribution is 2.38. The molecule has 0 radical (unpaired) electrons. The van der Waals surface area contributed by atoms with E-state index in [9.17, 15) is 14.4 Å². The number of carbonyl (C=O) groups is 3. The first kappa shape index (κ1) is 21.6. The molecule has 0 bridgehead atoms. The predicted molar refractivity (Wildman–Crippen MR) is 113 cm³/mol. The number of rotatable bonds is 6. The zero-order valence-electron chi connectivity index (χ0n) is 18.1. The second-order valence-corrected chi connectivity index (χ2v) is 8.59. The fraction of sp³-hybridized carbons (Fsp3) is 0.435. The van der Waals surface area contributed by atoms with Gasteiger partial charge in [0, 0.05) is 28.7 Å². The third-order valence-corrected chi connectivity index (χ3v) is 4.80. The standard InChI is InChI=1S/C23H28N2O5/c1-14-12-19(15(2)25(14)18-10-11-18)20(26)13-29-21(27)16-6-8-17(9-7-16)24-22(28)30-23(3,4)5/h6-9,12,18H,10-11,13H2,1-5H3,(H,24,28). The van der Waals surface area contributed by atoms with Crippen molar-refractivity contribution in [1.29, 1.82) is 0 Å². The maximum Gasteiger partial charge on any atom is 0.412 e. The monoisotopic (exact) mass is 412 g/mol. The number of aryl methyl sites for hydroxylation is 1. The van der Waals surface area contributed by atoms with Crippen LogP contribution in [-0.4, -0.2) is 34.6 Å². The Morgan fingerprint density at radius 3 is 2.30 bits per heavy atom. The Bertz CT molecular complexity index is 963. The van der Waals surface area contributed by atoms with Crippen LogP contribution >= 0.6 is 0 Å². The predicted octanol–water partition coefficient (Wildman–Crippen LogP) is 4.83. The molecule has 1 aromatic carbocycles. The smallest absolute Gasteiger partial charge is 0.412 e. The number of esters is 1. The number of nitrogens with zero attached hydrogens (tertiary/aromatic N) is 1. The Labute approximate surface area is 176 Å². The normalized spacial score (nSPS) is 13.6. The number of Topliss-reactive ketones (excluding diaryl/α,β-unsaturated/α-hetero) is 1. The van der Waals surface area contributed by atoms with E-state index >= 15 is 0 Å². The summed E-state index contributed by atoms with van der Waals surface area (Å²) in [6.07, 6.45) is 1.70. The quantitative estimate of drug-likeness (QED) is 0.543. The molecule has 1 saturated carbocycles. The topological polar surface area (TPSA) is 86.6 Å². The number of hydrogen-bond acceptors (Lipinski definition) is 5. The fourth-order valence-electron chi connectivity index (χ4n) is 3.36. The van der Waals surface area contributed by atoms with E-state index in [0.29, 0.717) is 22.9 Å². The summed E-state index contributed by atoms with van der Waals surface area (Å²) in [5.74, 6) is -0.810. The SMILES string of the molecule is Cc1cc(C(=O)COC(=O)c2ccc(NC(=O)OC(C)(C)C)cc2)c(C)n1C1CC1. The highest BCUT2D eigenvalue weighted by molar-refractivity contribution is 6.00. The molecular weight excluding hydrogens is 384 g/mol. The molecule has 0 aliphatic heterocycles. The second-order valence-electron chi connectivity index (χ2n) is 8.59. The molecule has 2 aromatic rings. The van der Waals surface area contributed by atoms with Gasteiger partial charge in [-0.05, 0) is 77.8 Å². The zero-order valence-corrected chi connectivity index (χ0v) is 18.1. The van der Waals surface area contributed by atoms with Crippen molar-refractivity contribution in [1.82, 2.24) is 4.57 Å². The maximum absolute atomic E-state index is 12.5. The van der Waals surface area contributed by atoms with Crippen molar-refractivity contribution in [2.75, 3.05) is 11.9 Å². The van der Waals surface area contributed by atoms with Gasteiger partial charge in [-0.1, -0.05) is 0 Å². The van der Waals surface area contributed by atoms with Gasteiger partial charge >= 0.3 is 12.1 Å². The van der Waals surface area contributed by atoms with Gasteiger partial charge in [0.25, 0.3) is 0 Å². The maximum atomic E-state index is 12.5.